The number of aromatic nitrogens is 1. The number of pyridine rings is 1. The van der Waals surface area contributed by atoms with E-state index < -0.39 is 5.54 Å². The van der Waals surface area contributed by atoms with Crippen LogP contribution in [0.3, 0.4) is 0 Å². The van der Waals surface area contributed by atoms with E-state index in [2.05, 4.69) is 15.6 Å². The van der Waals surface area contributed by atoms with E-state index in [0.29, 0.717) is 16.8 Å². The van der Waals surface area contributed by atoms with Gasteiger partial charge in [0, 0.05) is 11.9 Å². The smallest absolute Gasteiger partial charge is 0.319 e. The number of nitrogens with one attached hydrogen (secondary N) is 2. The Morgan fingerprint density at radius 2 is 2.39 bits per heavy atom. The SMILES string of the molecule is CC(CO)(NC(=O)Nc1ccnc(Cl)c1)C1CC1. The fourth-order valence-electron chi connectivity index (χ4n) is 1.89. The molecule has 0 spiro atoms. The Labute approximate surface area is 111 Å². The number of carbonyl (C=O) groups excluding carboxylic acids is 1. The standard InChI is InChI=1S/C12H16ClN3O2/c1-12(7-17,8-2-3-8)16-11(18)15-9-4-5-14-10(13)6-9/h4-6,8,17H,2-3,7H2,1H3,(H2,14,15,16,18). The summed E-state index contributed by atoms with van der Waals surface area (Å²) in [6.07, 6.45) is 3.60. The normalized spacial score (nSPS) is 17.9. The number of hydrogen-bond acceptors (Lipinski definition) is 3. The summed E-state index contributed by atoms with van der Waals surface area (Å²) in [7, 11) is 0. The molecule has 3 N–H and O–H groups in total. The number of urea groups is 1. The lowest BCUT2D eigenvalue weighted by Crippen LogP contribution is -2.52. The molecule has 98 valence electrons. The Hall–Kier alpha value is -1.33. The second-order valence-corrected chi connectivity index (χ2v) is 5.18. The van der Waals surface area contributed by atoms with E-state index >= 15 is 0 Å². The van der Waals surface area contributed by atoms with Crippen molar-refractivity contribution in [2.75, 3.05) is 11.9 Å². The van der Waals surface area contributed by atoms with Gasteiger partial charge in [0.25, 0.3) is 0 Å². The number of hydrogen-bond donors (Lipinski definition) is 3. The maximum Gasteiger partial charge on any atom is 0.319 e. The van der Waals surface area contributed by atoms with Crippen LogP contribution in [0.4, 0.5) is 10.5 Å². The molecule has 0 aliphatic heterocycles. The molecule has 5 nitrogen and oxygen atoms in total. The number of halogens is 1. The third kappa shape index (κ3) is 3.11. The molecule has 2 amide bonds. The summed E-state index contributed by atoms with van der Waals surface area (Å²) in [4.78, 5) is 15.7. The zero-order valence-electron chi connectivity index (χ0n) is 10.1. The van der Waals surface area contributed by atoms with E-state index in [1.165, 1.54) is 6.20 Å². The van der Waals surface area contributed by atoms with Gasteiger partial charge in [-0.2, -0.15) is 0 Å². The first-order chi connectivity index (χ1) is 8.53. The summed E-state index contributed by atoms with van der Waals surface area (Å²) in [6, 6.07) is 2.87. The highest BCUT2D eigenvalue weighted by atomic mass is 35.5. The van der Waals surface area contributed by atoms with Crippen LogP contribution < -0.4 is 10.6 Å². The van der Waals surface area contributed by atoms with Gasteiger partial charge in [-0.1, -0.05) is 11.6 Å². The maximum atomic E-state index is 11.8. The second-order valence-electron chi connectivity index (χ2n) is 4.80. The third-order valence-electron chi connectivity index (χ3n) is 3.19. The first kappa shape index (κ1) is 13.1. The molecule has 1 aromatic rings. The Morgan fingerprint density at radius 1 is 1.67 bits per heavy atom. The summed E-state index contributed by atoms with van der Waals surface area (Å²) < 4.78 is 0. The lowest BCUT2D eigenvalue weighted by molar-refractivity contribution is 0.159. The monoisotopic (exact) mass is 269 g/mol. The van der Waals surface area contributed by atoms with Crippen molar-refractivity contribution in [3.05, 3.63) is 23.5 Å². The van der Waals surface area contributed by atoms with Gasteiger partial charge in [-0.15, -0.1) is 0 Å². The summed E-state index contributed by atoms with van der Waals surface area (Å²) in [5, 5.41) is 15.2. The van der Waals surface area contributed by atoms with Gasteiger partial charge in [0.2, 0.25) is 0 Å². The minimum absolute atomic E-state index is 0.0673. The molecule has 1 unspecified atom stereocenters. The van der Waals surface area contributed by atoms with Crippen LogP contribution >= 0.6 is 11.6 Å². The van der Waals surface area contributed by atoms with Crippen molar-refractivity contribution >= 4 is 23.3 Å². The van der Waals surface area contributed by atoms with Crippen molar-refractivity contribution < 1.29 is 9.90 Å². The summed E-state index contributed by atoms with van der Waals surface area (Å²) in [5.41, 5.74) is 0.0181. The van der Waals surface area contributed by atoms with E-state index in [9.17, 15) is 9.90 Å². The highest BCUT2D eigenvalue weighted by molar-refractivity contribution is 6.29. The lowest BCUT2D eigenvalue weighted by atomic mass is 9.97. The zero-order chi connectivity index (χ0) is 13.2. The quantitative estimate of drug-likeness (QED) is 0.732. The molecule has 1 aliphatic carbocycles. The number of amides is 2. The van der Waals surface area contributed by atoms with E-state index in [0.717, 1.165) is 12.8 Å². The van der Waals surface area contributed by atoms with Gasteiger partial charge in [0.05, 0.1) is 12.1 Å². The molecule has 1 aromatic heterocycles. The van der Waals surface area contributed by atoms with E-state index in [-0.39, 0.29) is 12.6 Å². The fourth-order valence-corrected chi connectivity index (χ4v) is 2.07. The van der Waals surface area contributed by atoms with Gasteiger partial charge in [-0.25, -0.2) is 9.78 Å². The summed E-state index contributed by atoms with van der Waals surface area (Å²) in [5.74, 6) is 0.356. The average Bonchev–Trinajstić information content (AvgIpc) is 3.12. The molecule has 0 bridgehead atoms. The van der Waals surface area contributed by atoms with E-state index in [1.54, 1.807) is 12.1 Å². The van der Waals surface area contributed by atoms with E-state index in [4.69, 9.17) is 11.6 Å². The molecule has 6 heteroatoms. The molecule has 1 aliphatic rings. The van der Waals surface area contributed by atoms with Crippen molar-refractivity contribution in [1.29, 1.82) is 0 Å². The predicted molar refractivity (Wildman–Crippen MR) is 69.6 cm³/mol. The Bertz CT molecular complexity index is 451. The maximum absolute atomic E-state index is 11.8. The molecule has 1 saturated carbocycles. The molecule has 1 fully saturated rings. The van der Waals surface area contributed by atoms with Crippen LogP contribution in [-0.4, -0.2) is 28.3 Å². The third-order valence-corrected chi connectivity index (χ3v) is 3.40. The Kier molecular flexibility index (Phi) is 3.73. The molecular formula is C12H16ClN3O2. The van der Waals surface area contributed by atoms with E-state index in [1.807, 2.05) is 6.92 Å². The van der Waals surface area contributed by atoms with Gasteiger partial charge >= 0.3 is 6.03 Å². The number of nitrogens with zero attached hydrogens (tertiary/aromatic N) is 1. The molecule has 0 saturated heterocycles. The van der Waals surface area contributed by atoms with Crippen LogP contribution in [0, 0.1) is 5.92 Å². The second kappa shape index (κ2) is 5.12. The largest absolute Gasteiger partial charge is 0.394 e. The van der Waals surface area contributed by atoms with Crippen molar-refractivity contribution in [1.82, 2.24) is 10.3 Å². The van der Waals surface area contributed by atoms with Gasteiger partial charge in [0.15, 0.2) is 0 Å². The first-order valence-electron chi connectivity index (χ1n) is 5.85. The zero-order valence-corrected chi connectivity index (χ0v) is 10.9. The topological polar surface area (TPSA) is 74.2 Å². The van der Waals surface area contributed by atoms with Crippen LogP contribution in [0.1, 0.15) is 19.8 Å². The molecule has 1 heterocycles. The van der Waals surface area contributed by atoms with Crippen LogP contribution in [0.2, 0.25) is 5.15 Å². The molecular weight excluding hydrogens is 254 g/mol. The van der Waals surface area contributed by atoms with Crippen LogP contribution in [-0.2, 0) is 0 Å². The van der Waals surface area contributed by atoms with Crippen LogP contribution in [0.5, 0.6) is 0 Å². The lowest BCUT2D eigenvalue weighted by Gasteiger charge is -2.28. The average molecular weight is 270 g/mol. The van der Waals surface area contributed by atoms with Gasteiger partial charge in [0.1, 0.15) is 5.15 Å². The number of aliphatic hydroxyl groups is 1. The summed E-state index contributed by atoms with van der Waals surface area (Å²) in [6.45, 7) is 1.78. The first-order valence-corrected chi connectivity index (χ1v) is 6.23. The number of carbonyl (C=O) groups is 1. The highest BCUT2D eigenvalue weighted by Crippen LogP contribution is 2.39. The number of aliphatic hydroxyl groups excluding tert-OH is 1. The van der Waals surface area contributed by atoms with Crippen molar-refractivity contribution in [3.63, 3.8) is 0 Å². The molecule has 18 heavy (non-hydrogen) atoms. The van der Waals surface area contributed by atoms with Gasteiger partial charge in [-0.05, 0) is 37.8 Å². The van der Waals surface area contributed by atoms with Crippen molar-refractivity contribution in [3.8, 4) is 0 Å². The fraction of sp³-hybridized carbons (Fsp3) is 0.500. The molecule has 1 atom stereocenters. The van der Waals surface area contributed by atoms with Crippen molar-refractivity contribution in [2.24, 2.45) is 5.92 Å². The highest BCUT2D eigenvalue weighted by Gasteiger charge is 2.42. The minimum atomic E-state index is -0.555. The predicted octanol–water partition coefficient (Wildman–Crippen LogP) is 2.02. The molecule has 0 radical (unpaired) electrons. The van der Waals surface area contributed by atoms with Crippen LogP contribution in [0.25, 0.3) is 0 Å². The Morgan fingerprint density at radius 3 is 2.94 bits per heavy atom. The molecule has 0 aromatic carbocycles. The Balaban J connectivity index is 1.96. The number of anilines is 1. The van der Waals surface area contributed by atoms with Gasteiger partial charge < -0.3 is 15.7 Å². The van der Waals surface area contributed by atoms with Crippen LogP contribution in [0.15, 0.2) is 18.3 Å². The summed E-state index contributed by atoms with van der Waals surface area (Å²) >= 11 is 5.73. The van der Waals surface area contributed by atoms with Gasteiger partial charge in [-0.3, -0.25) is 0 Å². The van der Waals surface area contributed by atoms with Crippen molar-refractivity contribution in [2.45, 2.75) is 25.3 Å². The number of rotatable bonds is 4. The molecule has 2 rings (SSSR count). The minimum Gasteiger partial charge on any atom is -0.394 e.